The van der Waals surface area contributed by atoms with Gasteiger partial charge in [0.25, 0.3) is 0 Å². The summed E-state index contributed by atoms with van der Waals surface area (Å²) in [7, 11) is 1.42. The molecule has 0 aromatic heterocycles. The van der Waals surface area contributed by atoms with Crippen molar-refractivity contribution in [3.8, 4) is 28.7 Å². The third-order valence-corrected chi connectivity index (χ3v) is 5.50. The highest BCUT2D eigenvalue weighted by atomic mass is 16.7. The van der Waals surface area contributed by atoms with Gasteiger partial charge in [-0.05, 0) is 24.3 Å². The van der Waals surface area contributed by atoms with Crippen LogP contribution in [0.5, 0.6) is 28.7 Å². The van der Waals surface area contributed by atoms with Crippen molar-refractivity contribution in [3.05, 3.63) is 41.5 Å². The van der Waals surface area contributed by atoms with E-state index in [2.05, 4.69) is 0 Å². The number of benzene rings is 2. The number of Topliss-reactive ketones (excluding diaryl/α,β-unsaturated/α-hetero) is 2. The lowest BCUT2D eigenvalue weighted by Crippen LogP contribution is -2.15. The molecule has 0 saturated heterocycles. The number of phenolic OH excluding ortho intramolecular Hbond substituents is 1. The molecule has 41 heavy (non-hydrogen) atoms. The summed E-state index contributed by atoms with van der Waals surface area (Å²) in [6.45, 7) is 4.02. The van der Waals surface area contributed by atoms with E-state index >= 15 is 0 Å². The first-order valence-electron chi connectivity index (χ1n) is 13.1. The Balaban J connectivity index is 1.30. The first-order chi connectivity index (χ1) is 20.0. The van der Waals surface area contributed by atoms with Gasteiger partial charge in [-0.3, -0.25) is 9.59 Å². The molecule has 0 unspecified atom stereocenters. The van der Waals surface area contributed by atoms with Crippen LogP contribution in [0.2, 0.25) is 0 Å². The number of carbonyl (C=O) groups excluding carboxylic acids is 2. The Labute approximate surface area is 237 Å². The molecule has 0 radical (unpaired) electrons. The smallest absolute Gasteiger partial charge is 0.233 e. The number of carbonyl (C=O) groups is 2. The summed E-state index contributed by atoms with van der Waals surface area (Å²) < 4.78 is 48.1. The summed E-state index contributed by atoms with van der Waals surface area (Å²) in [6.07, 6.45) is 0. The first kappa shape index (κ1) is 32.1. The summed E-state index contributed by atoms with van der Waals surface area (Å²) in [4.78, 5) is 25.8. The lowest BCUT2D eigenvalue weighted by molar-refractivity contribution is -0.0146. The molecular formula is C28H36O13. The van der Waals surface area contributed by atoms with Gasteiger partial charge in [-0.15, -0.1) is 0 Å². The number of ether oxygens (including phenoxy) is 9. The van der Waals surface area contributed by atoms with E-state index in [1.54, 1.807) is 0 Å². The number of hydrogen-bond acceptors (Lipinski definition) is 13. The summed E-state index contributed by atoms with van der Waals surface area (Å²) >= 11 is 0. The van der Waals surface area contributed by atoms with Gasteiger partial charge in [-0.25, -0.2) is 0 Å². The Kier molecular flexibility index (Phi) is 14.1. The molecule has 1 aliphatic rings. The molecule has 13 nitrogen and oxygen atoms in total. The fourth-order valence-electron chi connectivity index (χ4n) is 3.59. The molecule has 0 aliphatic carbocycles. The van der Waals surface area contributed by atoms with Gasteiger partial charge in [-0.1, -0.05) is 0 Å². The number of aliphatic hydroxyl groups excluding tert-OH is 1. The third-order valence-electron chi connectivity index (χ3n) is 5.50. The van der Waals surface area contributed by atoms with Gasteiger partial charge in [0, 0.05) is 17.2 Å². The molecule has 2 N–H and O–H groups in total. The minimum absolute atomic E-state index is 0.00236. The van der Waals surface area contributed by atoms with Crippen LogP contribution >= 0.6 is 0 Å². The van der Waals surface area contributed by atoms with E-state index in [0.29, 0.717) is 71.0 Å². The molecule has 0 atom stereocenters. The Hall–Kier alpha value is -3.46. The SMILES string of the molecule is COc1cc(C(=O)C(=O)c2cc(O)cc(OCCOCCOCCOCCOCCOCCO)c2)cc2c1OCO2. The molecule has 13 heteroatoms. The van der Waals surface area contributed by atoms with E-state index in [4.69, 9.17) is 47.7 Å². The van der Waals surface area contributed by atoms with Crippen molar-refractivity contribution < 1.29 is 62.4 Å². The molecule has 0 fully saturated rings. The number of phenols is 1. The Morgan fingerprint density at radius 2 is 1.24 bits per heavy atom. The van der Waals surface area contributed by atoms with Crippen LogP contribution in [0.25, 0.3) is 0 Å². The van der Waals surface area contributed by atoms with Crippen molar-refractivity contribution in [3.63, 3.8) is 0 Å². The van der Waals surface area contributed by atoms with E-state index in [1.165, 1.54) is 37.4 Å². The minimum atomic E-state index is -0.833. The van der Waals surface area contributed by atoms with Gasteiger partial charge < -0.3 is 52.8 Å². The van der Waals surface area contributed by atoms with E-state index in [0.717, 1.165) is 0 Å². The molecule has 0 amide bonds. The Morgan fingerprint density at radius 3 is 1.80 bits per heavy atom. The monoisotopic (exact) mass is 580 g/mol. The van der Waals surface area contributed by atoms with Crippen LogP contribution < -0.4 is 18.9 Å². The second-order valence-corrected chi connectivity index (χ2v) is 8.42. The zero-order valence-electron chi connectivity index (χ0n) is 23.0. The maximum Gasteiger partial charge on any atom is 0.233 e. The van der Waals surface area contributed by atoms with Crippen molar-refractivity contribution in [2.75, 3.05) is 93.2 Å². The lowest BCUT2D eigenvalue weighted by Gasteiger charge is -2.10. The summed E-state index contributed by atoms with van der Waals surface area (Å²) in [6, 6.07) is 6.72. The van der Waals surface area contributed by atoms with Crippen molar-refractivity contribution >= 4 is 11.6 Å². The fraction of sp³-hybridized carbons (Fsp3) is 0.500. The second kappa shape index (κ2) is 18.1. The minimum Gasteiger partial charge on any atom is -0.508 e. The zero-order valence-corrected chi connectivity index (χ0v) is 23.0. The Bertz CT molecular complexity index is 1100. The molecule has 2 aromatic carbocycles. The quantitative estimate of drug-likeness (QED) is 0.118. The van der Waals surface area contributed by atoms with Crippen LogP contribution in [0.4, 0.5) is 0 Å². The van der Waals surface area contributed by atoms with Gasteiger partial charge in [0.15, 0.2) is 11.5 Å². The third kappa shape index (κ3) is 10.8. The van der Waals surface area contributed by atoms with Crippen LogP contribution in [0.3, 0.4) is 0 Å². The maximum absolute atomic E-state index is 12.9. The average Bonchev–Trinajstić information content (AvgIpc) is 3.46. The molecular weight excluding hydrogens is 544 g/mol. The predicted molar refractivity (Wildman–Crippen MR) is 143 cm³/mol. The van der Waals surface area contributed by atoms with E-state index in [9.17, 15) is 14.7 Å². The number of rotatable bonds is 22. The summed E-state index contributed by atoms with van der Waals surface area (Å²) in [5, 5.41) is 18.7. The number of aliphatic hydroxyl groups is 1. The molecule has 2 aromatic rings. The topological polar surface area (TPSA) is 158 Å². The zero-order chi connectivity index (χ0) is 29.3. The van der Waals surface area contributed by atoms with Crippen LogP contribution in [0, 0.1) is 0 Å². The number of fused-ring (bicyclic) bond motifs is 1. The average molecular weight is 581 g/mol. The largest absolute Gasteiger partial charge is 0.508 e. The highest BCUT2D eigenvalue weighted by Gasteiger charge is 2.26. The number of methoxy groups -OCH3 is 1. The van der Waals surface area contributed by atoms with Crippen molar-refractivity contribution in [2.45, 2.75) is 0 Å². The fourth-order valence-corrected chi connectivity index (χ4v) is 3.59. The van der Waals surface area contributed by atoms with Gasteiger partial charge >= 0.3 is 0 Å². The highest BCUT2D eigenvalue weighted by Crippen LogP contribution is 2.42. The summed E-state index contributed by atoms with van der Waals surface area (Å²) in [5.41, 5.74) is 0.0340. The number of aromatic hydroxyl groups is 1. The van der Waals surface area contributed by atoms with Gasteiger partial charge in [0.05, 0.1) is 79.8 Å². The molecule has 0 bridgehead atoms. The lowest BCUT2D eigenvalue weighted by atomic mass is 10.0. The van der Waals surface area contributed by atoms with Gasteiger partial charge in [0.2, 0.25) is 24.1 Å². The van der Waals surface area contributed by atoms with E-state index < -0.39 is 11.6 Å². The molecule has 0 saturated carbocycles. The highest BCUT2D eigenvalue weighted by molar-refractivity contribution is 6.49. The predicted octanol–water partition coefficient (Wildman–Crippen LogP) is 1.65. The summed E-state index contributed by atoms with van der Waals surface area (Å²) in [5.74, 6) is -0.711. The first-order valence-corrected chi connectivity index (χ1v) is 13.1. The van der Waals surface area contributed by atoms with Crippen LogP contribution in [0.15, 0.2) is 30.3 Å². The molecule has 1 heterocycles. The number of ketones is 2. The van der Waals surface area contributed by atoms with E-state index in [1.807, 2.05) is 0 Å². The molecule has 0 spiro atoms. The second-order valence-electron chi connectivity index (χ2n) is 8.42. The Morgan fingerprint density at radius 1 is 0.707 bits per heavy atom. The van der Waals surface area contributed by atoms with Gasteiger partial charge in [-0.2, -0.15) is 0 Å². The standard InChI is InChI=1S/C28H36O13/c1-33-24-16-21(17-25-28(24)41-19-40-25)27(32)26(31)20-14-22(30)18-23(15-20)39-13-12-38-11-10-37-9-8-36-7-6-35-5-4-34-3-2-29/h14-18,29-30H,2-13,19H2,1H3. The molecule has 3 rings (SSSR count). The van der Waals surface area contributed by atoms with Crippen LogP contribution in [0.1, 0.15) is 20.7 Å². The van der Waals surface area contributed by atoms with Crippen molar-refractivity contribution in [2.24, 2.45) is 0 Å². The van der Waals surface area contributed by atoms with Crippen molar-refractivity contribution in [1.82, 2.24) is 0 Å². The normalized spacial score (nSPS) is 12.0. The van der Waals surface area contributed by atoms with Crippen molar-refractivity contribution in [1.29, 1.82) is 0 Å². The number of hydrogen-bond donors (Lipinski definition) is 2. The van der Waals surface area contributed by atoms with Crippen LogP contribution in [-0.4, -0.2) is 115 Å². The van der Waals surface area contributed by atoms with E-state index in [-0.39, 0.29) is 55.0 Å². The van der Waals surface area contributed by atoms with Gasteiger partial charge in [0.1, 0.15) is 18.1 Å². The molecule has 1 aliphatic heterocycles. The van der Waals surface area contributed by atoms with Crippen LogP contribution in [-0.2, 0) is 23.7 Å². The molecule has 226 valence electrons. The maximum atomic E-state index is 12.9.